The molecule has 0 heterocycles. The van der Waals surface area contributed by atoms with Crippen molar-refractivity contribution in [2.75, 3.05) is 12.5 Å². The predicted molar refractivity (Wildman–Crippen MR) is 74.4 cm³/mol. The third-order valence-corrected chi connectivity index (χ3v) is 1.17. The van der Waals surface area contributed by atoms with Crippen molar-refractivity contribution < 1.29 is 52.1 Å². The zero-order chi connectivity index (χ0) is 16.1. The second kappa shape index (κ2) is 14.6. The molecule has 0 fully saturated rings. The summed E-state index contributed by atoms with van der Waals surface area (Å²) >= 11 is 0. The average molecular weight is 412 g/mol. The van der Waals surface area contributed by atoms with E-state index in [1.165, 1.54) is 0 Å². The van der Waals surface area contributed by atoms with E-state index in [1.54, 1.807) is 0 Å². The van der Waals surface area contributed by atoms with Gasteiger partial charge in [-0.25, -0.2) is 41.1 Å². The third-order valence-electron chi connectivity index (χ3n) is 1.17. The van der Waals surface area contributed by atoms with Crippen LogP contribution < -0.4 is 0 Å². The Morgan fingerprint density at radius 3 is 1.10 bits per heavy atom. The Kier molecular flexibility index (Phi) is 17.8. The number of hydrogen-bond acceptors (Lipinski definition) is 6. The largest absolute Gasteiger partial charge is 2.00 e. The van der Waals surface area contributed by atoms with Gasteiger partial charge >= 0.3 is 26.2 Å². The molecule has 0 amide bonds. The molecule has 0 bridgehead atoms. The molecule has 118 valence electrons. The molecule has 0 spiro atoms. The Bertz CT molecular complexity index is 469. The Labute approximate surface area is 146 Å². The van der Waals surface area contributed by atoms with Crippen LogP contribution in [0.25, 0.3) is 0 Å². The molecule has 9 heteroatoms. The van der Waals surface area contributed by atoms with Crippen LogP contribution in [0.3, 0.4) is 0 Å². The van der Waals surface area contributed by atoms with Gasteiger partial charge in [0.15, 0.2) is 0 Å². The van der Waals surface area contributed by atoms with Gasteiger partial charge in [-0.3, -0.25) is 12.2 Å². The molecule has 0 N–H and O–H groups in total. The van der Waals surface area contributed by atoms with Crippen molar-refractivity contribution in [2.45, 2.75) is 12.8 Å². The van der Waals surface area contributed by atoms with E-state index in [9.17, 15) is 0 Å². The van der Waals surface area contributed by atoms with Gasteiger partial charge in [-0.05, 0) is 0 Å². The maximum absolute atomic E-state index is 9.08. The zero-order valence-electron chi connectivity index (χ0n) is 11.6. The quantitative estimate of drug-likeness (QED) is 0.433. The molecule has 6 nitrogen and oxygen atoms in total. The molecule has 0 unspecified atom stereocenters. The fraction of sp³-hybridized carbons (Fsp3) is 0.333. The minimum atomic E-state index is -3.92. The summed E-state index contributed by atoms with van der Waals surface area (Å²) in [6.45, 7) is 0. The summed E-state index contributed by atoms with van der Waals surface area (Å²) in [5, 5.41) is 0. The topological polar surface area (TPSA) is 114 Å². The van der Waals surface area contributed by atoms with Crippen molar-refractivity contribution in [1.29, 1.82) is 0 Å². The molecule has 0 saturated heterocycles. The predicted octanol–water partition coefficient (Wildman–Crippen LogP) is 0.932. The van der Waals surface area contributed by atoms with Crippen molar-refractivity contribution >= 4 is 20.2 Å². The van der Waals surface area contributed by atoms with Crippen LogP contribution in [0.4, 0.5) is 0 Å². The first-order chi connectivity index (χ1) is 9.00. The van der Waals surface area contributed by atoms with Crippen LogP contribution in [0.1, 0.15) is 12.8 Å². The smallest absolute Gasteiger partial charge is 0.748 e. The van der Waals surface area contributed by atoms with Gasteiger partial charge in [0.1, 0.15) is 0 Å². The van der Waals surface area contributed by atoms with E-state index in [-0.39, 0.29) is 26.2 Å². The summed E-state index contributed by atoms with van der Waals surface area (Å²) in [6.07, 6.45) is 21.2. The first-order valence-corrected chi connectivity index (χ1v) is 8.88. The Hall–Kier alpha value is -0.337. The van der Waals surface area contributed by atoms with Crippen LogP contribution >= 0.6 is 0 Å². The molecule has 21 heavy (non-hydrogen) atoms. The summed E-state index contributed by atoms with van der Waals surface area (Å²) < 4.78 is 54.5. The molecule has 2 aliphatic carbocycles. The van der Waals surface area contributed by atoms with Crippen LogP contribution in [0, 0.1) is 12.2 Å². The minimum absolute atomic E-state index is 0. The molecule has 2 rings (SSSR count). The fourth-order valence-corrected chi connectivity index (χ4v) is 0.680. The molecule has 0 saturated carbocycles. The Morgan fingerprint density at radius 1 is 0.810 bits per heavy atom. The summed E-state index contributed by atoms with van der Waals surface area (Å²) in [6, 6.07) is 0. The van der Waals surface area contributed by atoms with E-state index in [4.69, 9.17) is 25.9 Å². The van der Waals surface area contributed by atoms with Gasteiger partial charge in [0, 0.05) is 12.5 Å². The minimum Gasteiger partial charge on any atom is -0.748 e. The van der Waals surface area contributed by atoms with Gasteiger partial charge in [0.05, 0.1) is 20.2 Å². The van der Waals surface area contributed by atoms with Crippen molar-refractivity contribution in [2.24, 2.45) is 0 Å². The Morgan fingerprint density at radius 2 is 1.05 bits per heavy atom. The van der Waals surface area contributed by atoms with Gasteiger partial charge in [-0.15, -0.1) is 12.8 Å². The first kappa shape index (κ1) is 25.6. The molecule has 0 radical (unpaired) electrons. The van der Waals surface area contributed by atoms with Gasteiger partial charge in [-0.1, -0.05) is 0 Å². The average Bonchev–Trinajstić information content (AvgIpc) is 2.92. The van der Waals surface area contributed by atoms with E-state index in [0.29, 0.717) is 12.5 Å². The molecule has 0 aromatic rings. The van der Waals surface area contributed by atoms with Gasteiger partial charge in [-0.2, -0.15) is 12.2 Å². The van der Waals surface area contributed by atoms with E-state index in [2.05, 4.69) is 24.3 Å². The van der Waals surface area contributed by atoms with Crippen molar-refractivity contribution in [3.63, 3.8) is 0 Å². The molecular weight excluding hydrogens is 395 g/mol. The monoisotopic (exact) mass is 410 g/mol. The third kappa shape index (κ3) is 65.7. The van der Waals surface area contributed by atoms with Crippen molar-refractivity contribution in [3.8, 4) is 0 Å². The maximum atomic E-state index is 9.08. The Balaban J connectivity index is -0.000000202. The SMILES string of the molecule is CS(=O)(=O)[O-].CS(=O)(=O)[O-].[C-]1=CC=CC1.[C-]1=CC=CC1.[Zr+2]. The van der Waals surface area contributed by atoms with E-state index >= 15 is 0 Å². The van der Waals surface area contributed by atoms with Crippen LogP contribution in [-0.4, -0.2) is 38.5 Å². The molecule has 0 aromatic heterocycles. The summed E-state index contributed by atoms with van der Waals surface area (Å²) in [5.74, 6) is 0. The molecule has 0 atom stereocenters. The molecule has 0 aliphatic heterocycles. The maximum Gasteiger partial charge on any atom is 2.00 e. The normalized spacial score (nSPS) is 13.9. The second-order valence-corrected chi connectivity index (χ2v) is 6.23. The van der Waals surface area contributed by atoms with Gasteiger partial charge < -0.3 is 9.11 Å². The van der Waals surface area contributed by atoms with Gasteiger partial charge in [0.2, 0.25) is 0 Å². The van der Waals surface area contributed by atoms with Crippen LogP contribution in [0.5, 0.6) is 0 Å². The molecule has 2 aliphatic rings. The number of rotatable bonds is 0. The summed E-state index contributed by atoms with van der Waals surface area (Å²) in [7, 11) is -7.83. The summed E-state index contributed by atoms with van der Waals surface area (Å²) in [5.41, 5.74) is 0. The van der Waals surface area contributed by atoms with Crippen molar-refractivity contribution in [3.05, 3.63) is 48.6 Å². The first-order valence-electron chi connectivity index (χ1n) is 5.25. The fourth-order valence-electron chi connectivity index (χ4n) is 0.680. The standard InChI is InChI=1S/2C5H5.2CH4O3S.Zr/c2*1-2-4-5-3-1;2*1-5(2,3)4;/h2*1-3H,4H2;2*1H3,(H,2,3,4);/q2*-1;;;+2/p-2. The van der Waals surface area contributed by atoms with E-state index in [1.807, 2.05) is 24.3 Å². The molecular formula is C12H16O6S2Zr-2. The number of hydrogen-bond donors (Lipinski definition) is 0. The summed E-state index contributed by atoms with van der Waals surface area (Å²) in [4.78, 5) is 0. The van der Waals surface area contributed by atoms with E-state index in [0.717, 1.165) is 12.8 Å². The number of allylic oxidation sites excluding steroid dienone is 8. The second-order valence-electron chi connectivity index (χ2n) is 3.41. The van der Waals surface area contributed by atoms with Crippen LogP contribution in [-0.2, 0) is 46.4 Å². The van der Waals surface area contributed by atoms with E-state index < -0.39 is 20.2 Å². The van der Waals surface area contributed by atoms with Crippen LogP contribution in [0.2, 0.25) is 0 Å². The molecule has 0 aromatic carbocycles. The van der Waals surface area contributed by atoms with Crippen LogP contribution in [0.15, 0.2) is 36.5 Å². The zero-order valence-corrected chi connectivity index (χ0v) is 15.7. The van der Waals surface area contributed by atoms with Gasteiger partial charge in [0.25, 0.3) is 0 Å². The van der Waals surface area contributed by atoms with Crippen molar-refractivity contribution in [1.82, 2.24) is 0 Å².